The number of thiocarbonyl (C=S) groups is 1. The first-order valence-electron chi connectivity index (χ1n) is 7.61. The summed E-state index contributed by atoms with van der Waals surface area (Å²) in [6.45, 7) is 2.15. The van der Waals surface area contributed by atoms with E-state index in [0.29, 0.717) is 34.1 Å². The summed E-state index contributed by atoms with van der Waals surface area (Å²) in [7, 11) is 2.83. The molecular formula is C17H20N2O5S. The van der Waals surface area contributed by atoms with Gasteiger partial charge in [-0.25, -0.2) is 9.59 Å². The maximum atomic E-state index is 12.5. The van der Waals surface area contributed by atoms with E-state index in [-0.39, 0.29) is 6.61 Å². The lowest BCUT2D eigenvalue weighted by Crippen LogP contribution is -2.45. The van der Waals surface area contributed by atoms with E-state index < -0.39 is 18.0 Å². The second kappa shape index (κ2) is 8.59. The molecule has 2 rings (SSSR count). The molecule has 8 heteroatoms. The zero-order chi connectivity index (χ0) is 18.4. The van der Waals surface area contributed by atoms with Crippen LogP contribution in [0.15, 0.2) is 35.5 Å². The minimum absolute atomic E-state index is 0.127. The summed E-state index contributed by atoms with van der Waals surface area (Å²) in [5.41, 5.74) is 1.84. The third-order valence-corrected chi connectivity index (χ3v) is 3.91. The molecule has 2 N–H and O–H groups in total. The van der Waals surface area contributed by atoms with E-state index in [2.05, 4.69) is 10.6 Å². The molecule has 0 fully saturated rings. The molecule has 1 aliphatic heterocycles. The average molecular weight is 364 g/mol. The molecule has 1 aliphatic rings. The van der Waals surface area contributed by atoms with Gasteiger partial charge in [0.05, 0.1) is 30.9 Å². The molecule has 0 aliphatic carbocycles. The van der Waals surface area contributed by atoms with Crippen molar-refractivity contribution in [2.24, 2.45) is 0 Å². The number of hydrogen-bond acceptors (Lipinski definition) is 6. The first-order chi connectivity index (χ1) is 12.0. The van der Waals surface area contributed by atoms with E-state index in [1.54, 1.807) is 31.2 Å². The Labute approximate surface area is 151 Å². The van der Waals surface area contributed by atoms with Gasteiger partial charge >= 0.3 is 11.9 Å². The molecule has 0 spiro atoms. The minimum atomic E-state index is -0.626. The van der Waals surface area contributed by atoms with Gasteiger partial charge in [0.1, 0.15) is 6.61 Å². The summed E-state index contributed by atoms with van der Waals surface area (Å²) in [4.78, 5) is 24.6. The van der Waals surface area contributed by atoms with Gasteiger partial charge < -0.3 is 24.8 Å². The van der Waals surface area contributed by atoms with Crippen LogP contribution in [-0.4, -0.2) is 44.5 Å². The number of allylic oxidation sites excluding steroid dienone is 1. The lowest BCUT2D eigenvalue weighted by atomic mass is 9.92. The van der Waals surface area contributed by atoms with Crippen LogP contribution in [0.1, 0.15) is 28.9 Å². The summed E-state index contributed by atoms with van der Waals surface area (Å²) in [6, 6.07) is 6.25. The van der Waals surface area contributed by atoms with Crippen LogP contribution >= 0.6 is 12.2 Å². The number of carbonyl (C=O) groups is 2. The third-order valence-electron chi connectivity index (χ3n) is 3.69. The fraction of sp³-hybridized carbons (Fsp3) is 0.353. The number of nitrogens with one attached hydrogen (secondary N) is 2. The summed E-state index contributed by atoms with van der Waals surface area (Å²) in [5, 5.41) is 6.30. The molecule has 0 amide bonds. The molecule has 1 aromatic carbocycles. The maximum Gasteiger partial charge on any atom is 0.338 e. The van der Waals surface area contributed by atoms with E-state index in [4.69, 9.17) is 26.4 Å². The van der Waals surface area contributed by atoms with Gasteiger partial charge in [-0.15, -0.1) is 0 Å². The van der Waals surface area contributed by atoms with Gasteiger partial charge in [0.2, 0.25) is 0 Å². The number of ether oxygens (including phenoxy) is 3. The van der Waals surface area contributed by atoms with Crippen LogP contribution in [0.3, 0.4) is 0 Å². The Morgan fingerprint density at radius 2 is 1.88 bits per heavy atom. The molecule has 1 aromatic rings. The molecule has 0 bridgehead atoms. The fourth-order valence-corrected chi connectivity index (χ4v) is 2.81. The van der Waals surface area contributed by atoms with Crippen molar-refractivity contribution in [1.82, 2.24) is 10.6 Å². The molecule has 0 saturated heterocycles. The highest BCUT2D eigenvalue weighted by atomic mass is 32.1. The zero-order valence-electron chi connectivity index (χ0n) is 14.3. The van der Waals surface area contributed by atoms with Gasteiger partial charge in [0.25, 0.3) is 0 Å². The van der Waals surface area contributed by atoms with Crippen molar-refractivity contribution in [2.45, 2.75) is 13.0 Å². The Morgan fingerprint density at radius 1 is 1.16 bits per heavy atom. The van der Waals surface area contributed by atoms with Gasteiger partial charge in [0.15, 0.2) is 5.11 Å². The average Bonchev–Trinajstić information content (AvgIpc) is 2.60. The first-order valence-corrected chi connectivity index (χ1v) is 8.02. The van der Waals surface area contributed by atoms with Crippen molar-refractivity contribution in [3.63, 3.8) is 0 Å². The summed E-state index contributed by atoms with van der Waals surface area (Å²) in [5.74, 6) is -1.01. The van der Waals surface area contributed by atoms with Crippen molar-refractivity contribution >= 4 is 29.3 Å². The van der Waals surface area contributed by atoms with E-state index in [9.17, 15) is 9.59 Å². The topological polar surface area (TPSA) is 85.9 Å². The molecule has 0 saturated carbocycles. The predicted octanol–water partition coefficient (Wildman–Crippen LogP) is 1.46. The van der Waals surface area contributed by atoms with Crippen molar-refractivity contribution in [3.8, 4) is 0 Å². The molecule has 0 aromatic heterocycles. The number of hydrogen-bond donors (Lipinski definition) is 2. The van der Waals surface area contributed by atoms with E-state index in [0.717, 1.165) is 0 Å². The summed E-state index contributed by atoms with van der Waals surface area (Å²) in [6.07, 6.45) is 0. The van der Waals surface area contributed by atoms with E-state index in [1.165, 1.54) is 14.2 Å². The van der Waals surface area contributed by atoms with Crippen LogP contribution in [0, 0.1) is 0 Å². The highest BCUT2D eigenvalue weighted by Crippen LogP contribution is 2.30. The van der Waals surface area contributed by atoms with Crippen molar-refractivity contribution in [2.75, 3.05) is 27.4 Å². The first kappa shape index (κ1) is 18.9. The Kier molecular flexibility index (Phi) is 6.49. The normalized spacial score (nSPS) is 16.8. The summed E-state index contributed by atoms with van der Waals surface area (Å²) >= 11 is 5.20. The Bertz CT molecular complexity index is 717. The quantitative estimate of drug-likeness (QED) is 0.446. The van der Waals surface area contributed by atoms with Gasteiger partial charge in [-0.05, 0) is 30.8 Å². The number of esters is 2. The van der Waals surface area contributed by atoms with Crippen LogP contribution in [0.25, 0.3) is 0 Å². The number of rotatable bonds is 6. The Morgan fingerprint density at radius 3 is 2.56 bits per heavy atom. The standard InChI is InChI=1S/C17H20N2O5S/c1-10-13(16(21)24-9-8-22-2)14(19-17(25)18-10)11-6-4-5-7-12(11)15(20)23-3/h4-7,14H,8-9H2,1-3H3,(H2,18,19,25)/t14-/m0/s1. The van der Waals surface area contributed by atoms with Crippen LogP contribution in [0.4, 0.5) is 0 Å². The van der Waals surface area contributed by atoms with Crippen LogP contribution in [0.5, 0.6) is 0 Å². The highest BCUT2D eigenvalue weighted by Gasteiger charge is 2.33. The molecular weight excluding hydrogens is 344 g/mol. The SMILES string of the molecule is COCCOC(=O)C1=C(C)NC(=S)N[C@H]1c1ccccc1C(=O)OC. The van der Waals surface area contributed by atoms with Crippen molar-refractivity contribution in [1.29, 1.82) is 0 Å². The smallest absolute Gasteiger partial charge is 0.338 e. The lowest BCUT2D eigenvalue weighted by Gasteiger charge is -2.30. The van der Waals surface area contributed by atoms with Crippen molar-refractivity contribution in [3.05, 3.63) is 46.7 Å². The van der Waals surface area contributed by atoms with E-state index >= 15 is 0 Å². The van der Waals surface area contributed by atoms with Gasteiger partial charge in [-0.3, -0.25) is 0 Å². The van der Waals surface area contributed by atoms with Crippen molar-refractivity contribution < 1.29 is 23.8 Å². The van der Waals surface area contributed by atoms with Gasteiger partial charge in [0, 0.05) is 12.8 Å². The zero-order valence-corrected chi connectivity index (χ0v) is 15.1. The molecule has 1 atom stereocenters. The minimum Gasteiger partial charge on any atom is -0.465 e. The highest BCUT2D eigenvalue weighted by molar-refractivity contribution is 7.80. The number of benzene rings is 1. The molecule has 0 radical (unpaired) electrons. The molecule has 134 valence electrons. The predicted molar refractivity (Wildman–Crippen MR) is 94.9 cm³/mol. The Hall–Kier alpha value is -2.45. The second-order valence-electron chi connectivity index (χ2n) is 5.28. The fourth-order valence-electron chi connectivity index (χ4n) is 2.54. The van der Waals surface area contributed by atoms with Gasteiger partial charge in [-0.1, -0.05) is 18.2 Å². The van der Waals surface area contributed by atoms with E-state index in [1.807, 2.05) is 0 Å². The molecule has 25 heavy (non-hydrogen) atoms. The Balaban J connectivity index is 2.43. The van der Waals surface area contributed by atoms with Gasteiger partial charge in [-0.2, -0.15) is 0 Å². The monoisotopic (exact) mass is 364 g/mol. The molecule has 0 unspecified atom stereocenters. The second-order valence-corrected chi connectivity index (χ2v) is 5.69. The van der Waals surface area contributed by atoms with Crippen LogP contribution in [0.2, 0.25) is 0 Å². The van der Waals surface area contributed by atoms with Crippen LogP contribution in [-0.2, 0) is 19.0 Å². The molecule has 1 heterocycles. The van der Waals surface area contributed by atoms with Crippen LogP contribution < -0.4 is 10.6 Å². The number of carbonyl (C=O) groups excluding carboxylic acids is 2. The third kappa shape index (κ3) is 4.34. The largest absolute Gasteiger partial charge is 0.465 e. The molecule has 7 nitrogen and oxygen atoms in total. The maximum absolute atomic E-state index is 12.5. The summed E-state index contributed by atoms with van der Waals surface area (Å²) < 4.78 is 15.0. The number of methoxy groups -OCH3 is 2. The lowest BCUT2D eigenvalue weighted by molar-refractivity contribution is -0.140.